The van der Waals surface area contributed by atoms with Crippen molar-refractivity contribution in [2.24, 2.45) is 5.73 Å². The fraction of sp³-hybridized carbons (Fsp3) is 0.625. The third-order valence-corrected chi connectivity index (χ3v) is 6.00. The second-order valence-electron chi connectivity index (χ2n) is 10.1. The molecule has 0 bridgehead atoms. The van der Waals surface area contributed by atoms with Crippen molar-refractivity contribution in [3.05, 3.63) is 24.0 Å². The van der Waals surface area contributed by atoms with Gasteiger partial charge in [0.1, 0.15) is 35.7 Å². The number of carbonyl (C=O) groups excluding carboxylic acids is 3. The standard InChI is InChI=1S/C24H34FN3O7/c1-15(29)20(26)19-13-28(22(31)34-19)16-6-7-18(17(25)12-16)33-14-24(32)8-5-10-27(11-9-24)21(30)35-23(2,3)4/h6-7,12,19-20,32H,5,8-11,13-14,26H2,1-4H3/t19-,20?,24?/m0/s1. The number of nitrogens with zero attached hydrogens (tertiary/aromatic N) is 2. The quantitative estimate of drug-likeness (QED) is 0.616. The zero-order chi connectivity index (χ0) is 26.0. The fourth-order valence-electron chi connectivity index (χ4n) is 3.96. The van der Waals surface area contributed by atoms with Crippen molar-refractivity contribution >= 4 is 23.7 Å². The molecule has 2 amide bonds. The number of likely N-dealkylation sites (tertiary alicyclic amines) is 1. The van der Waals surface area contributed by atoms with Crippen LogP contribution in [0, 0.1) is 5.82 Å². The molecule has 194 valence electrons. The Bertz CT molecular complexity index is 967. The molecule has 11 heteroatoms. The molecule has 2 fully saturated rings. The molecule has 10 nitrogen and oxygen atoms in total. The molecule has 3 atom stereocenters. The number of ether oxygens (including phenoxy) is 3. The molecular weight excluding hydrogens is 461 g/mol. The number of anilines is 1. The van der Waals surface area contributed by atoms with Crippen LogP contribution in [0.15, 0.2) is 18.2 Å². The zero-order valence-corrected chi connectivity index (χ0v) is 20.6. The first kappa shape index (κ1) is 26.7. The van der Waals surface area contributed by atoms with Gasteiger partial charge in [-0.1, -0.05) is 0 Å². The second-order valence-corrected chi connectivity index (χ2v) is 10.1. The van der Waals surface area contributed by atoms with Crippen LogP contribution in [0.2, 0.25) is 0 Å². The summed E-state index contributed by atoms with van der Waals surface area (Å²) in [6, 6.07) is 3.02. The van der Waals surface area contributed by atoms with Gasteiger partial charge in [-0.25, -0.2) is 14.0 Å². The minimum Gasteiger partial charge on any atom is -0.488 e. The summed E-state index contributed by atoms with van der Waals surface area (Å²) < 4.78 is 30.9. The maximum Gasteiger partial charge on any atom is 0.414 e. The number of cyclic esters (lactones) is 1. The minimum atomic E-state index is -1.24. The lowest BCUT2D eigenvalue weighted by Crippen LogP contribution is -2.43. The lowest BCUT2D eigenvalue weighted by molar-refractivity contribution is -0.120. The molecule has 0 spiro atoms. The Balaban J connectivity index is 1.59. The number of halogens is 1. The molecule has 3 N–H and O–H groups in total. The van der Waals surface area contributed by atoms with Crippen LogP contribution in [0.5, 0.6) is 5.75 Å². The molecule has 2 heterocycles. The summed E-state index contributed by atoms with van der Waals surface area (Å²) in [5.74, 6) is -1.12. The number of benzene rings is 1. The molecule has 1 aromatic carbocycles. The third kappa shape index (κ3) is 6.82. The van der Waals surface area contributed by atoms with Gasteiger partial charge < -0.3 is 30.0 Å². The molecule has 2 aliphatic heterocycles. The van der Waals surface area contributed by atoms with Gasteiger partial charge in [-0.15, -0.1) is 0 Å². The zero-order valence-electron chi connectivity index (χ0n) is 20.6. The Morgan fingerprint density at radius 1 is 1.31 bits per heavy atom. The van der Waals surface area contributed by atoms with Gasteiger partial charge in [-0.3, -0.25) is 9.69 Å². The molecule has 3 rings (SSSR count). The van der Waals surface area contributed by atoms with Crippen molar-refractivity contribution in [1.82, 2.24) is 4.90 Å². The van der Waals surface area contributed by atoms with Gasteiger partial charge in [0, 0.05) is 19.2 Å². The van der Waals surface area contributed by atoms with Crippen LogP contribution in [-0.2, 0) is 14.3 Å². The van der Waals surface area contributed by atoms with E-state index in [-0.39, 0.29) is 43.3 Å². The average Bonchev–Trinajstić information content (AvgIpc) is 3.03. The molecule has 0 aromatic heterocycles. The molecule has 2 aliphatic rings. The molecule has 0 radical (unpaired) electrons. The van der Waals surface area contributed by atoms with E-state index >= 15 is 0 Å². The highest BCUT2D eigenvalue weighted by atomic mass is 19.1. The number of carbonyl (C=O) groups is 3. The normalized spacial score (nSPS) is 24.0. The van der Waals surface area contributed by atoms with E-state index in [1.54, 1.807) is 25.7 Å². The van der Waals surface area contributed by atoms with Crippen molar-refractivity contribution in [2.75, 3.05) is 31.1 Å². The van der Waals surface area contributed by atoms with Crippen LogP contribution in [0.25, 0.3) is 0 Å². The summed E-state index contributed by atoms with van der Waals surface area (Å²) in [5, 5.41) is 11.0. The van der Waals surface area contributed by atoms with Crippen molar-refractivity contribution in [3.8, 4) is 5.75 Å². The summed E-state index contributed by atoms with van der Waals surface area (Å²) in [7, 11) is 0. The number of Topliss-reactive ketones (excluding diaryl/α,β-unsaturated/α-hetero) is 1. The first-order valence-corrected chi connectivity index (χ1v) is 11.6. The van der Waals surface area contributed by atoms with E-state index in [2.05, 4.69) is 0 Å². The van der Waals surface area contributed by atoms with Gasteiger partial charge in [-0.2, -0.15) is 0 Å². The van der Waals surface area contributed by atoms with E-state index in [4.69, 9.17) is 19.9 Å². The number of ketones is 1. The number of aliphatic hydroxyl groups is 1. The summed E-state index contributed by atoms with van der Waals surface area (Å²) in [5.41, 5.74) is 4.15. The van der Waals surface area contributed by atoms with Gasteiger partial charge in [0.25, 0.3) is 0 Å². The van der Waals surface area contributed by atoms with Crippen LogP contribution in [-0.4, -0.2) is 77.6 Å². The summed E-state index contributed by atoms with van der Waals surface area (Å²) in [4.78, 5) is 38.7. The van der Waals surface area contributed by atoms with Crippen LogP contribution in [0.3, 0.4) is 0 Å². The third-order valence-electron chi connectivity index (χ3n) is 6.00. The molecule has 2 unspecified atom stereocenters. The van der Waals surface area contributed by atoms with Crippen molar-refractivity contribution in [1.29, 1.82) is 0 Å². The number of hydrogen-bond donors (Lipinski definition) is 2. The number of rotatable bonds is 6. The number of amides is 2. The lowest BCUT2D eigenvalue weighted by Gasteiger charge is -2.28. The lowest BCUT2D eigenvalue weighted by atomic mass is 9.96. The number of hydrogen-bond acceptors (Lipinski definition) is 8. The van der Waals surface area contributed by atoms with Crippen molar-refractivity contribution < 1.29 is 38.1 Å². The average molecular weight is 496 g/mol. The SMILES string of the molecule is CC(=O)C(N)[C@@H]1CN(c2ccc(OCC3(O)CCCN(C(=O)OC(C)(C)C)CC3)c(F)c2)C(=O)O1. The van der Waals surface area contributed by atoms with E-state index in [1.165, 1.54) is 24.0 Å². The topological polar surface area (TPSA) is 132 Å². The largest absolute Gasteiger partial charge is 0.488 e. The number of nitrogens with two attached hydrogens (primary N) is 1. The Labute approximate surface area is 204 Å². The van der Waals surface area contributed by atoms with Gasteiger partial charge in [-0.05, 0) is 59.1 Å². The van der Waals surface area contributed by atoms with Gasteiger partial charge in [0.15, 0.2) is 11.6 Å². The maximum atomic E-state index is 14.8. The predicted octanol–water partition coefficient (Wildman–Crippen LogP) is 2.60. The van der Waals surface area contributed by atoms with Crippen LogP contribution in [0.1, 0.15) is 47.0 Å². The summed E-state index contributed by atoms with van der Waals surface area (Å²) >= 11 is 0. The molecule has 1 aromatic rings. The highest BCUT2D eigenvalue weighted by molar-refractivity contribution is 5.91. The van der Waals surface area contributed by atoms with Crippen molar-refractivity contribution in [2.45, 2.75) is 70.3 Å². The Hall–Kier alpha value is -2.92. The van der Waals surface area contributed by atoms with E-state index in [0.717, 1.165) is 6.07 Å². The van der Waals surface area contributed by atoms with Crippen molar-refractivity contribution in [3.63, 3.8) is 0 Å². The van der Waals surface area contributed by atoms with Gasteiger partial charge in [0.05, 0.1) is 12.2 Å². The van der Waals surface area contributed by atoms with E-state index < -0.39 is 41.4 Å². The molecular formula is C24H34FN3O7. The Morgan fingerprint density at radius 3 is 2.66 bits per heavy atom. The van der Waals surface area contributed by atoms with E-state index in [9.17, 15) is 23.9 Å². The van der Waals surface area contributed by atoms with Crippen LogP contribution < -0.4 is 15.4 Å². The highest BCUT2D eigenvalue weighted by Gasteiger charge is 2.38. The highest BCUT2D eigenvalue weighted by Crippen LogP contribution is 2.30. The fourth-order valence-corrected chi connectivity index (χ4v) is 3.96. The first-order chi connectivity index (χ1) is 16.3. The second kappa shape index (κ2) is 10.4. The monoisotopic (exact) mass is 495 g/mol. The smallest absolute Gasteiger partial charge is 0.414 e. The predicted molar refractivity (Wildman–Crippen MR) is 125 cm³/mol. The maximum absolute atomic E-state index is 14.8. The molecule has 35 heavy (non-hydrogen) atoms. The van der Waals surface area contributed by atoms with Gasteiger partial charge in [0.2, 0.25) is 0 Å². The Morgan fingerprint density at radius 2 is 2.03 bits per heavy atom. The Kier molecular flexibility index (Phi) is 7.90. The van der Waals surface area contributed by atoms with Gasteiger partial charge >= 0.3 is 12.2 Å². The summed E-state index contributed by atoms with van der Waals surface area (Å²) in [6.07, 6.45) is -0.796. The first-order valence-electron chi connectivity index (χ1n) is 11.6. The van der Waals surface area contributed by atoms with E-state index in [1.807, 2.05) is 0 Å². The van der Waals surface area contributed by atoms with Crippen LogP contribution in [0.4, 0.5) is 19.7 Å². The molecule has 2 saturated heterocycles. The minimum absolute atomic E-state index is 0.0210. The summed E-state index contributed by atoms with van der Waals surface area (Å²) in [6.45, 7) is 7.28. The van der Waals surface area contributed by atoms with E-state index in [0.29, 0.717) is 19.4 Å². The van der Waals surface area contributed by atoms with Crippen LogP contribution >= 0.6 is 0 Å². The molecule has 0 saturated carbocycles. The molecule has 0 aliphatic carbocycles.